The van der Waals surface area contributed by atoms with Gasteiger partial charge in [-0.1, -0.05) is 0 Å². The molecule has 16 nitrogen and oxygen atoms in total. The first kappa shape index (κ1) is 28.8. The molecular weight excluding hydrogens is 541 g/mol. The van der Waals surface area contributed by atoms with E-state index in [1.807, 2.05) is 0 Å². The molecule has 3 aromatic rings. The average Bonchev–Trinajstić information content (AvgIpc) is 3.44. The third-order valence-corrected chi connectivity index (χ3v) is 6.76. The van der Waals surface area contributed by atoms with E-state index < -0.39 is 56.2 Å². The number of hydrogen-bond acceptors (Lipinski definition) is 10. The monoisotopic (exact) mass is 570 g/mol. The third kappa shape index (κ3) is 5.86. The molecule has 0 bridgehead atoms. The number of carbonyl (C=O) groups excluding carboxylic acids is 1. The minimum Gasteiger partial charge on any atom is -0.460 e. The summed E-state index contributed by atoms with van der Waals surface area (Å²) in [5, 5.41) is 20.6. The lowest BCUT2D eigenvalue weighted by atomic mass is 10.1. The lowest BCUT2D eigenvalue weighted by Crippen LogP contribution is -2.46. The summed E-state index contributed by atoms with van der Waals surface area (Å²) in [4.78, 5) is 60.0. The van der Waals surface area contributed by atoms with Gasteiger partial charge >= 0.3 is 19.5 Å². The number of ether oxygens (including phenoxy) is 2. The Kier molecular flexibility index (Phi) is 8.46. The van der Waals surface area contributed by atoms with E-state index in [1.165, 1.54) is 44.6 Å². The summed E-state index contributed by atoms with van der Waals surface area (Å²) >= 11 is 0. The number of aromatic nitrogens is 5. The molecule has 0 radical (unpaired) electrons. The molecule has 1 aliphatic heterocycles. The number of nitrogens with zero attached hydrogens (tertiary/aromatic N) is 5. The van der Waals surface area contributed by atoms with Gasteiger partial charge in [-0.2, -0.15) is 4.57 Å². The van der Waals surface area contributed by atoms with Crippen molar-refractivity contribution >= 4 is 25.0 Å². The SMILES string of the molecule is CCn1c(=O)c2c(ncn2CCOC(=O)c2ccc[n+]([C@@H]3O[C@H](COP(=O)(O)O)[C@@H](O)[C@H]3O)c2)n(CC)c1=O. The van der Waals surface area contributed by atoms with E-state index in [-0.39, 0.29) is 36.4 Å². The van der Waals surface area contributed by atoms with Crippen LogP contribution in [-0.2, 0) is 38.2 Å². The Bertz CT molecular complexity index is 1530. The summed E-state index contributed by atoms with van der Waals surface area (Å²) in [7, 11) is -4.81. The maximum absolute atomic E-state index is 12.9. The molecule has 1 aliphatic rings. The first-order valence-corrected chi connectivity index (χ1v) is 13.6. The predicted molar refractivity (Wildman–Crippen MR) is 130 cm³/mol. The van der Waals surface area contributed by atoms with Gasteiger partial charge in [0.15, 0.2) is 29.7 Å². The molecule has 4 N–H and O–H groups in total. The first-order valence-electron chi connectivity index (χ1n) is 12.0. The van der Waals surface area contributed by atoms with Crippen molar-refractivity contribution in [1.82, 2.24) is 18.7 Å². The summed E-state index contributed by atoms with van der Waals surface area (Å²) in [6.07, 6.45) is -1.20. The first-order chi connectivity index (χ1) is 18.5. The van der Waals surface area contributed by atoms with Crippen LogP contribution in [0.5, 0.6) is 0 Å². The van der Waals surface area contributed by atoms with Crippen molar-refractivity contribution in [2.75, 3.05) is 13.2 Å². The van der Waals surface area contributed by atoms with Crippen molar-refractivity contribution in [1.29, 1.82) is 0 Å². The van der Waals surface area contributed by atoms with Crippen LogP contribution in [0, 0.1) is 0 Å². The molecule has 4 rings (SSSR count). The van der Waals surface area contributed by atoms with Gasteiger partial charge in [0.25, 0.3) is 11.8 Å². The van der Waals surface area contributed by atoms with Crippen LogP contribution < -0.4 is 15.8 Å². The molecule has 39 heavy (non-hydrogen) atoms. The van der Waals surface area contributed by atoms with Crippen LogP contribution in [0.3, 0.4) is 0 Å². The Labute approximate surface area is 220 Å². The fraction of sp³-hybridized carbons (Fsp3) is 0.500. The van der Waals surface area contributed by atoms with Crippen LogP contribution in [-0.4, -0.2) is 76.2 Å². The van der Waals surface area contributed by atoms with Crippen molar-refractivity contribution in [2.45, 2.75) is 58.0 Å². The number of rotatable bonds is 10. The minimum atomic E-state index is -4.81. The lowest BCUT2D eigenvalue weighted by Gasteiger charge is -2.13. The van der Waals surface area contributed by atoms with Crippen molar-refractivity contribution in [3.05, 3.63) is 57.3 Å². The van der Waals surface area contributed by atoms with E-state index >= 15 is 0 Å². The molecule has 4 atom stereocenters. The third-order valence-electron chi connectivity index (χ3n) is 6.28. The van der Waals surface area contributed by atoms with E-state index in [0.29, 0.717) is 6.54 Å². The number of aliphatic hydroxyl groups excluding tert-OH is 2. The van der Waals surface area contributed by atoms with Gasteiger partial charge < -0.3 is 34.0 Å². The van der Waals surface area contributed by atoms with E-state index in [0.717, 1.165) is 4.57 Å². The number of pyridine rings is 1. The largest absolute Gasteiger partial charge is 0.469 e. The zero-order valence-electron chi connectivity index (χ0n) is 21.1. The molecule has 1 saturated heterocycles. The number of imidazole rings is 1. The van der Waals surface area contributed by atoms with E-state index in [4.69, 9.17) is 19.3 Å². The number of hydrogen-bond donors (Lipinski definition) is 4. The van der Waals surface area contributed by atoms with Gasteiger partial charge in [-0.05, 0) is 19.9 Å². The zero-order chi connectivity index (χ0) is 28.5. The number of carbonyl (C=O) groups is 1. The highest BCUT2D eigenvalue weighted by molar-refractivity contribution is 7.46. The number of aliphatic hydroxyl groups is 2. The predicted octanol–water partition coefficient (Wildman–Crippen LogP) is -1.73. The number of fused-ring (bicyclic) bond motifs is 1. The number of phosphoric ester groups is 1. The van der Waals surface area contributed by atoms with Crippen LogP contribution in [0.1, 0.15) is 30.4 Å². The lowest BCUT2D eigenvalue weighted by molar-refractivity contribution is -0.765. The Balaban J connectivity index is 1.45. The molecule has 0 aromatic carbocycles. The van der Waals surface area contributed by atoms with Gasteiger partial charge in [-0.3, -0.25) is 18.5 Å². The highest BCUT2D eigenvalue weighted by atomic mass is 31.2. The number of esters is 1. The maximum Gasteiger partial charge on any atom is 0.469 e. The second kappa shape index (κ2) is 11.5. The fourth-order valence-electron chi connectivity index (χ4n) is 4.35. The fourth-order valence-corrected chi connectivity index (χ4v) is 4.69. The van der Waals surface area contributed by atoms with E-state index in [2.05, 4.69) is 9.51 Å². The van der Waals surface area contributed by atoms with Gasteiger partial charge in [-0.15, -0.1) is 0 Å². The maximum atomic E-state index is 12.9. The molecule has 0 unspecified atom stereocenters. The topological polar surface area (TPSA) is 208 Å². The minimum absolute atomic E-state index is 0.0846. The smallest absolute Gasteiger partial charge is 0.460 e. The van der Waals surface area contributed by atoms with Crippen LogP contribution in [0.2, 0.25) is 0 Å². The summed E-state index contributed by atoms with van der Waals surface area (Å²) in [6.45, 7) is 3.27. The number of phosphoric acid groups is 1. The molecule has 0 saturated carbocycles. The van der Waals surface area contributed by atoms with Gasteiger partial charge in [0.05, 0.1) is 19.5 Å². The summed E-state index contributed by atoms with van der Waals surface area (Å²) in [5.41, 5.74) is -0.390. The van der Waals surface area contributed by atoms with E-state index in [1.54, 1.807) is 13.8 Å². The summed E-state index contributed by atoms with van der Waals surface area (Å²) in [5.74, 6) is -0.723. The molecule has 212 valence electrons. The molecule has 4 heterocycles. The van der Waals surface area contributed by atoms with Crippen molar-refractivity contribution in [3.8, 4) is 0 Å². The Morgan fingerprint density at radius 3 is 2.56 bits per heavy atom. The van der Waals surface area contributed by atoms with Gasteiger partial charge in [0.2, 0.25) is 0 Å². The van der Waals surface area contributed by atoms with Crippen molar-refractivity contribution in [2.24, 2.45) is 0 Å². The summed E-state index contributed by atoms with van der Waals surface area (Å²) in [6, 6.07) is 2.94. The van der Waals surface area contributed by atoms with E-state index in [9.17, 15) is 29.2 Å². The average molecular weight is 570 g/mol. The molecule has 17 heteroatoms. The molecule has 1 fully saturated rings. The molecule has 3 aromatic heterocycles. The quantitative estimate of drug-likeness (QED) is 0.122. The highest BCUT2D eigenvalue weighted by Gasteiger charge is 2.49. The van der Waals surface area contributed by atoms with Crippen LogP contribution >= 0.6 is 7.82 Å². The molecule has 0 aliphatic carbocycles. The molecule has 0 spiro atoms. The Morgan fingerprint density at radius 2 is 1.90 bits per heavy atom. The van der Waals surface area contributed by atoms with Crippen molar-refractivity contribution in [3.63, 3.8) is 0 Å². The molecule has 0 amide bonds. The van der Waals surface area contributed by atoms with Crippen molar-refractivity contribution < 1.29 is 47.9 Å². The molecular formula is C22H29N5O11P+. The Morgan fingerprint density at radius 1 is 1.18 bits per heavy atom. The van der Waals surface area contributed by atoms with Crippen LogP contribution in [0.4, 0.5) is 0 Å². The Hall–Kier alpha value is -3.24. The van der Waals surface area contributed by atoms with Gasteiger partial charge in [0.1, 0.15) is 24.4 Å². The van der Waals surface area contributed by atoms with Crippen LogP contribution in [0.15, 0.2) is 40.4 Å². The second-order valence-electron chi connectivity index (χ2n) is 8.69. The number of aryl methyl sites for hydroxylation is 1. The zero-order valence-corrected chi connectivity index (χ0v) is 22.0. The summed E-state index contributed by atoms with van der Waals surface area (Å²) < 4.78 is 31.5. The normalized spacial score (nSPS) is 21.5. The standard InChI is InChI=1S/C22H28N5O11P/c1-3-26-18-15(19(30)27(4-2)22(26)32)25(12-23-18)8-9-36-21(31)13-6-5-7-24(10-13)20-17(29)16(28)14(38-20)11-37-39(33,34)35/h5-7,10,12,14,16-17,20,28-29H,3-4,8-9,11H2,1-2H3,(H-,33,34,35)/p+1/t14-,16-,17-,20-/m1/s1. The van der Waals surface area contributed by atoms with Crippen LogP contribution in [0.25, 0.3) is 11.2 Å². The van der Waals surface area contributed by atoms with Gasteiger partial charge in [0, 0.05) is 19.2 Å². The highest BCUT2D eigenvalue weighted by Crippen LogP contribution is 2.37. The van der Waals surface area contributed by atoms with Gasteiger partial charge in [-0.25, -0.2) is 19.1 Å². The second-order valence-corrected chi connectivity index (χ2v) is 9.93.